The molecule has 3 nitrogen and oxygen atoms in total. The van der Waals surface area contributed by atoms with Crippen LogP contribution in [0.4, 0.5) is 0 Å². The Labute approximate surface area is 123 Å². The molecule has 2 atom stereocenters. The highest BCUT2D eigenvalue weighted by molar-refractivity contribution is 7.99. The van der Waals surface area contributed by atoms with Gasteiger partial charge < -0.3 is 15.9 Å². The van der Waals surface area contributed by atoms with E-state index < -0.39 is 6.10 Å². The summed E-state index contributed by atoms with van der Waals surface area (Å²) in [5.74, 6) is 0.701. The highest BCUT2D eigenvalue weighted by Crippen LogP contribution is 2.28. The number of para-hydroxylation sites is 1. The van der Waals surface area contributed by atoms with Crippen molar-refractivity contribution in [2.75, 3.05) is 5.75 Å². The molecule has 0 radical (unpaired) electrons. The van der Waals surface area contributed by atoms with E-state index >= 15 is 0 Å². The summed E-state index contributed by atoms with van der Waals surface area (Å²) in [5, 5.41) is 19.8. The van der Waals surface area contributed by atoms with Gasteiger partial charge in [0, 0.05) is 16.7 Å². The molecule has 0 bridgehead atoms. The van der Waals surface area contributed by atoms with Crippen molar-refractivity contribution in [3.63, 3.8) is 0 Å². The summed E-state index contributed by atoms with van der Waals surface area (Å²) in [5.41, 5.74) is 7.14. The van der Waals surface area contributed by atoms with Gasteiger partial charge in [-0.25, -0.2) is 0 Å². The second kappa shape index (κ2) is 7.33. The van der Waals surface area contributed by atoms with Crippen LogP contribution < -0.4 is 5.73 Å². The first-order chi connectivity index (χ1) is 9.66. The fourth-order valence-corrected chi connectivity index (χ4v) is 2.89. The summed E-state index contributed by atoms with van der Waals surface area (Å²) in [6, 6.07) is 16.7. The van der Waals surface area contributed by atoms with E-state index in [1.807, 2.05) is 42.5 Å². The first-order valence-electron chi connectivity index (χ1n) is 6.55. The molecule has 0 aromatic heterocycles. The van der Waals surface area contributed by atoms with Crippen LogP contribution in [0.3, 0.4) is 0 Å². The van der Waals surface area contributed by atoms with Crippen molar-refractivity contribution in [3.8, 4) is 5.75 Å². The van der Waals surface area contributed by atoms with E-state index in [9.17, 15) is 10.2 Å². The number of aliphatic hydroxyl groups is 1. The minimum atomic E-state index is -0.611. The summed E-state index contributed by atoms with van der Waals surface area (Å²) in [4.78, 5) is 0.762. The zero-order valence-electron chi connectivity index (χ0n) is 11.1. The number of rotatable bonds is 6. The maximum atomic E-state index is 10.1. The zero-order valence-corrected chi connectivity index (χ0v) is 12.0. The fraction of sp³-hybridized carbons (Fsp3) is 0.250. The van der Waals surface area contributed by atoms with Crippen LogP contribution in [0, 0.1) is 0 Å². The largest absolute Gasteiger partial charge is 0.507 e. The van der Waals surface area contributed by atoms with Crippen molar-refractivity contribution in [2.45, 2.75) is 23.5 Å². The highest BCUT2D eigenvalue weighted by atomic mass is 32.2. The Morgan fingerprint density at radius 3 is 2.35 bits per heavy atom. The lowest BCUT2D eigenvalue weighted by atomic mass is 10.0. The molecule has 106 valence electrons. The molecular weight excluding hydrogens is 270 g/mol. The molecule has 0 aliphatic heterocycles. The van der Waals surface area contributed by atoms with Gasteiger partial charge in [-0.1, -0.05) is 42.5 Å². The van der Waals surface area contributed by atoms with Crippen LogP contribution in [0.1, 0.15) is 5.56 Å². The van der Waals surface area contributed by atoms with E-state index in [1.54, 1.807) is 12.1 Å². The standard InChI is InChI=1S/C16H19NO2S/c17-13(10-12-6-2-1-3-7-12)15(19)11-20-16-9-5-4-8-14(16)18/h1-9,13,15,18-19H,10-11,17H2. The molecule has 0 amide bonds. The number of phenols is 1. The molecule has 2 rings (SSSR count). The number of benzene rings is 2. The minimum Gasteiger partial charge on any atom is -0.507 e. The SMILES string of the molecule is NC(Cc1ccccc1)C(O)CSc1ccccc1O. The molecule has 2 aromatic carbocycles. The Morgan fingerprint density at radius 2 is 1.65 bits per heavy atom. The van der Waals surface area contributed by atoms with Gasteiger partial charge in [-0.3, -0.25) is 0 Å². The average Bonchev–Trinajstić information content (AvgIpc) is 2.47. The van der Waals surface area contributed by atoms with Crippen LogP contribution in [0.2, 0.25) is 0 Å². The first-order valence-corrected chi connectivity index (χ1v) is 7.53. The summed E-state index contributed by atoms with van der Waals surface area (Å²) in [7, 11) is 0. The van der Waals surface area contributed by atoms with Gasteiger partial charge in [0.05, 0.1) is 6.10 Å². The lowest BCUT2D eigenvalue weighted by molar-refractivity contribution is 0.167. The molecule has 0 heterocycles. The number of aromatic hydroxyl groups is 1. The second-order valence-corrected chi connectivity index (χ2v) is 5.76. The number of hydrogen-bond acceptors (Lipinski definition) is 4. The number of aliphatic hydroxyl groups excluding tert-OH is 1. The third-order valence-electron chi connectivity index (χ3n) is 3.08. The van der Waals surface area contributed by atoms with Crippen LogP contribution in [0.5, 0.6) is 5.75 Å². The Morgan fingerprint density at radius 1 is 1.00 bits per heavy atom. The zero-order chi connectivity index (χ0) is 14.4. The predicted octanol–water partition coefficient (Wildman–Crippen LogP) is 2.42. The third kappa shape index (κ3) is 4.27. The van der Waals surface area contributed by atoms with E-state index in [1.165, 1.54) is 11.8 Å². The maximum absolute atomic E-state index is 10.1. The van der Waals surface area contributed by atoms with Gasteiger partial charge in [-0.2, -0.15) is 0 Å². The van der Waals surface area contributed by atoms with Crippen LogP contribution in [-0.4, -0.2) is 28.1 Å². The van der Waals surface area contributed by atoms with Crippen molar-refractivity contribution in [2.24, 2.45) is 5.73 Å². The lowest BCUT2D eigenvalue weighted by Gasteiger charge is -2.18. The lowest BCUT2D eigenvalue weighted by Crippen LogP contribution is -2.38. The first kappa shape index (κ1) is 14.9. The number of thioether (sulfide) groups is 1. The van der Waals surface area contributed by atoms with Gasteiger partial charge in [0.25, 0.3) is 0 Å². The minimum absolute atomic E-state index is 0.237. The normalized spacial score (nSPS) is 13.9. The van der Waals surface area contributed by atoms with Gasteiger partial charge >= 0.3 is 0 Å². The topological polar surface area (TPSA) is 66.5 Å². The smallest absolute Gasteiger partial charge is 0.129 e. The van der Waals surface area contributed by atoms with Gasteiger partial charge in [0.2, 0.25) is 0 Å². The molecular formula is C16H19NO2S. The van der Waals surface area contributed by atoms with Crippen LogP contribution in [0.15, 0.2) is 59.5 Å². The molecule has 2 aromatic rings. The molecule has 4 heteroatoms. The molecule has 0 aliphatic carbocycles. The van der Waals surface area contributed by atoms with Crippen LogP contribution in [0.25, 0.3) is 0 Å². The van der Waals surface area contributed by atoms with E-state index in [0.29, 0.717) is 12.2 Å². The molecule has 20 heavy (non-hydrogen) atoms. The number of nitrogens with two attached hydrogens (primary N) is 1. The monoisotopic (exact) mass is 289 g/mol. The quantitative estimate of drug-likeness (QED) is 0.715. The Hall–Kier alpha value is -1.49. The molecule has 0 aliphatic rings. The van der Waals surface area contributed by atoms with Crippen LogP contribution >= 0.6 is 11.8 Å². The summed E-state index contributed by atoms with van der Waals surface area (Å²) >= 11 is 1.41. The summed E-state index contributed by atoms with van der Waals surface area (Å²) in [6.07, 6.45) is 0.0309. The molecule has 0 spiro atoms. The van der Waals surface area contributed by atoms with Crippen molar-refractivity contribution < 1.29 is 10.2 Å². The Balaban J connectivity index is 1.85. The highest BCUT2D eigenvalue weighted by Gasteiger charge is 2.16. The van der Waals surface area contributed by atoms with E-state index in [0.717, 1.165) is 10.5 Å². The average molecular weight is 289 g/mol. The van der Waals surface area contributed by atoms with E-state index in [2.05, 4.69) is 0 Å². The maximum Gasteiger partial charge on any atom is 0.129 e. The van der Waals surface area contributed by atoms with Gasteiger partial charge in [0.15, 0.2) is 0 Å². The predicted molar refractivity (Wildman–Crippen MR) is 83.0 cm³/mol. The Bertz CT molecular complexity index is 533. The van der Waals surface area contributed by atoms with Crippen molar-refractivity contribution >= 4 is 11.8 Å². The molecule has 2 unspecified atom stereocenters. The summed E-state index contributed by atoms with van der Waals surface area (Å²) < 4.78 is 0. The van der Waals surface area contributed by atoms with Crippen molar-refractivity contribution in [1.82, 2.24) is 0 Å². The van der Waals surface area contributed by atoms with Gasteiger partial charge in [-0.05, 0) is 24.1 Å². The fourth-order valence-electron chi connectivity index (χ4n) is 1.90. The third-order valence-corrected chi connectivity index (χ3v) is 4.25. The second-order valence-electron chi connectivity index (χ2n) is 4.70. The molecule has 0 saturated carbocycles. The molecule has 0 fully saturated rings. The molecule has 4 N–H and O–H groups in total. The van der Waals surface area contributed by atoms with E-state index in [4.69, 9.17) is 5.73 Å². The van der Waals surface area contributed by atoms with E-state index in [-0.39, 0.29) is 11.8 Å². The molecule has 0 saturated heterocycles. The number of phenolic OH excluding ortho intramolecular Hbond substituents is 1. The van der Waals surface area contributed by atoms with Crippen LogP contribution in [-0.2, 0) is 6.42 Å². The summed E-state index contributed by atoms with van der Waals surface area (Å²) in [6.45, 7) is 0. The van der Waals surface area contributed by atoms with Gasteiger partial charge in [0.1, 0.15) is 5.75 Å². The number of hydrogen-bond donors (Lipinski definition) is 3. The Kier molecular flexibility index (Phi) is 5.47. The van der Waals surface area contributed by atoms with Crippen molar-refractivity contribution in [3.05, 3.63) is 60.2 Å². The van der Waals surface area contributed by atoms with Crippen molar-refractivity contribution in [1.29, 1.82) is 0 Å². The van der Waals surface area contributed by atoms with Gasteiger partial charge in [-0.15, -0.1) is 11.8 Å².